The predicted molar refractivity (Wildman–Crippen MR) is 68.6 cm³/mol. The summed E-state index contributed by atoms with van der Waals surface area (Å²) in [6, 6.07) is 6.45. The maximum atomic E-state index is 10.1. The van der Waals surface area contributed by atoms with Gasteiger partial charge in [-0.05, 0) is 35.9 Å². The van der Waals surface area contributed by atoms with Crippen molar-refractivity contribution in [2.75, 3.05) is 6.26 Å². The van der Waals surface area contributed by atoms with Gasteiger partial charge in [-0.3, -0.25) is 0 Å². The van der Waals surface area contributed by atoms with Crippen molar-refractivity contribution in [1.29, 1.82) is 0 Å². The van der Waals surface area contributed by atoms with Gasteiger partial charge in [-0.15, -0.1) is 11.8 Å². The van der Waals surface area contributed by atoms with Gasteiger partial charge in [0, 0.05) is 15.9 Å². The Morgan fingerprint density at radius 1 is 1.47 bits per heavy atom. The second-order valence-corrected chi connectivity index (χ2v) is 6.24. The molecule has 1 aromatic carbocycles. The van der Waals surface area contributed by atoms with E-state index in [-0.39, 0.29) is 6.10 Å². The van der Waals surface area contributed by atoms with Crippen LogP contribution in [0.15, 0.2) is 23.1 Å². The number of hydrogen-bond donors (Lipinski definition) is 1. The van der Waals surface area contributed by atoms with Crippen LogP contribution in [0.3, 0.4) is 0 Å². The van der Waals surface area contributed by atoms with E-state index in [0.29, 0.717) is 5.25 Å². The Morgan fingerprint density at radius 2 is 2.27 bits per heavy atom. The Hall–Kier alpha value is -0.120. The molecule has 1 heterocycles. The van der Waals surface area contributed by atoms with Gasteiger partial charge >= 0.3 is 0 Å². The lowest BCUT2D eigenvalue weighted by Crippen LogP contribution is -2.03. The lowest BCUT2D eigenvalue weighted by atomic mass is 10.0. The van der Waals surface area contributed by atoms with Gasteiger partial charge in [-0.2, -0.15) is 11.8 Å². The van der Waals surface area contributed by atoms with Crippen molar-refractivity contribution in [2.24, 2.45) is 0 Å². The zero-order valence-corrected chi connectivity index (χ0v) is 10.7. The number of hydrogen-bond acceptors (Lipinski definition) is 3. The van der Waals surface area contributed by atoms with Crippen molar-refractivity contribution >= 4 is 23.5 Å². The van der Waals surface area contributed by atoms with Crippen molar-refractivity contribution in [3.63, 3.8) is 0 Å². The Balaban J connectivity index is 2.36. The van der Waals surface area contributed by atoms with E-state index in [4.69, 9.17) is 0 Å². The molecule has 15 heavy (non-hydrogen) atoms. The van der Waals surface area contributed by atoms with Gasteiger partial charge < -0.3 is 5.11 Å². The molecule has 3 heteroatoms. The van der Waals surface area contributed by atoms with Crippen LogP contribution in [-0.4, -0.2) is 16.6 Å². The largest absolute Gasteiger partial charge is 0.388 e. The molecule has 2 rings (SSSR count). The minimum atomic E-state index is -0.280. The molecule has 0 saturated heterocycles. The fraction of sp³-hybridized carbons (Fsp3) is 0.500. The molecule has 1 unspecified atom stereocenters. The average Bonchev–Trinajstić information content (AvgIpc) is 2.38. The van der Waals surface area contributed by atoms with Crippen LogP contribution in [0.1, 0.15) is 30.6 Å². The maximum Gasteiger partial charge on any atom is 0.0803 e. The van der Waals surface area contributed by atoms with E-state index >= 15 is 0 Å². The molecule has 1 aliphatic rings. The molecule has 0 saturated carbocycles. The van der Waals surface area contributed by atoms with Gasteiger partial charge in [0.15, 0.2) is 0 Å². The summed E-state index contributed by atoms with van der Waals surface area (Å²) in [5, 5.41) is 10.7. The lowest BCUT2D eigenvalue weighted by molar-refractivity contribution is 0.168. The van der Waals surface area contributed by atoms with E-state index in [9.17, 15) is 5.11 Å². The van der Waals surface area contributed by atoms with Crippen LogP contribution in [-0.2, 0) is 5.75 Å². The molecule has 2 atom stereocenters. The highest BCUT2D eigenvalue weighted by atomic mass is 32.2. The van der Waals surface area contributed by atoms with Crippen LogP contribution >= 0.6 is 23.5 Å². The van der Waals surface area contributed by atoms with Crippen LogP contribution in [0.5, 0.6) is 0 Å². The minimum Gasteiger partial charge on any atom is -0.388 e. The maximum absolute atomic E-state index is 10.1. The molecular weight excluding hydrogens is 224 g/mol. The van der Waals surface area contributed by atoms with Gasteiger partial charge in [-0.25, -0.2) is 0 Å². The third kappa shape index (κ3) is 2.52. The molecule has 0 spiro atoms. The molecule has 0 amide bonds. The second-order valence-electron chi connectivity index (χ2n) is 3.94. The first-order chi connectivity index (χ1) is 7.20. The summed E-state index contributed by atoms with van der Waals surface area (Å²) in [6.45, 7) is 2.19. The second kappa shape index (κ2) is 4.81. The zero-order valence-electron chi connectivity index (χ0n) is 9.06. The first-order valence-electron chi connectivity index (χ1n) is 5.17. The summed E-state index contributed by atoms with van der Waals surface area (Å²) in [5.74, 6) is 1.03. The highest BCUT2D eigenvalue weighted by Gasteiger charge is 2.20. The van der Waals surface area contributed by atoms with Crippen LogP contribution in [0.2, 0.25) is 0 Å². The smallest absolute Gasteiger partial charge is 0.0803 e. The average molecular weight is 240 g/mol. The Bertz CT molecular complexity index is 351. The molecule has 0 fully saturated rings. The number of aliphatic hydroxyl groups excluding tert-OH is 1. The van der Waals surface area contributed by atoms with Crippen molar-refractivity contribution in [1.82, 2.24) is 0 Å². The molecule has 0 aromatic heterocycles. The fourth-order valence-corrected chi connectivity index (χ4v) is 3.38. The monoisotopic (exact) mass is 240 g/mol. The highest BCUT2D eigenvalue weighted by molar-refractivity contribution is 7.99. The van der Waals surface area contributed by atoms with E-state index in [1.165, 1.54) is 10.5 Å². The first-order valence-corrected chi connectivity index (χ1v) is 7.44. The standard InChI is InChI=1S/C12H16OS2/c1-8-5-12(13)11-6-10(14-2)4-3-9(11)7-15-8/h3-4,6,8,12-13H,5,7H2,1-2H3/t8?,12-/m0/s1. The molecular formula is C12H16OS2. The third-order valence-corrected chi connectivity index (χ3v) is 4.76. The molecule has 1 aromatic rings. The van der Waals surface area contributed by atoms with E-state index in [2.05, 4.69) is 31.4 Å². The number of thioether (sulfide) groups is 2. The molecule has 0 radical (unpaired) electrons. The van der Waals surface area contributed by atoms with Crippen LogP contribution in [0.4, 0.5) is 0 Å². The summed E-state index contributed by atoms with van der Waals surface area (Å²) in [5.41, 5.74) is 2.44. The fourth-order valence-electron chi connectivity index (χ4n) is 1.88. The van der Waals surface area contributed by atoms with E-state index in [1.54, 1.807) is 11.8 Å². The van der Waals surface area contributed by atoms with Crippen molar-refractivity contribution in [2.45, 2.75) is 35.3 Å². The topological polar surface area (TPSA) is 20.2 Å². The predicted octanol–water partition coefficient (Wildman–Crippen LogP) is 3.47. The van der Waals surface area contributed by atoms with Crippen LogP contribution < -0.4 is 0 Å². The Morgan fingerprint density at radius 3 is 3.00 bits per heavy atom. The number of benzene rings is 1. The summed E-state index contributed by atoms with van der Waals surface area (Å²) >= 11 is 3.67. The molecule has 1 nitrogen and oxygen atoms in total. The van der Waals surface area contributed by atoms with E-state index < -0.39 is 0 Å². The molecule has 0 aliphatic carbocycles. The normalized spacial score (nSPS) is 25.8. The zero-order chi connectivity index (χ0) is 10.8. The van der Waals surface area contributed by atoms with Crippen molar-refractivity contribution in [3.8, 4) is 0 Å². The SMILES string of the molecule is CSc1ccc2c(c1)[C@@H](O)CC(C)SC2. The molecule has 82 valence electrons. The van der Waals surface area contributed by atoms with Crippen molar-refractivity contribution in [3.05, 3.63) is 29.3 Å². The number of fused-ring (bicyclic) bond motifs is 1. The highest BCUT2D eigenvalue weighted by Crippen LogP contribution is 2.36. The van der Waals surface area contributed by atoms with Gasteiger partial charge in [0.25, 0.3) is 0 Å². The van der Waals surface area contributed by atoms with Gasteiger partial charge in [0.1, 0.15) is 0 Å². The third-order valence-electron chi connectivity index (χ3n) is 2.79. The van der Waals surface area contributed by atoms with Crippen LogP contribution in [0.25, 0.3) is 0 Å². The van der Waals surface area contributed by atoms with Gasteiger partial charge in [0.2, 0.25) is 0 Å². The van der Waals surface area contributed by atoms with Gasteiger partial charge in [-0.1, -0.05) is 13.0 Å². The Labute approximate surface area is 99.7 Å². The first kappa shape index (κ1) is 11.4. The Kier molecular flexibility index (Phi) is 3.65. The van der Waals surface area contributed by atoms with E-state index in [0.717, 1.165) is 17.7 Å². The quantitative estimate of drug-likeness (QED) is 0.759. The molecule has 0 bridgehead atoms. The molecule has 1 N–H and O–H groups in total. The number of rotatable bonds is 1. The van der Waals surface area contributed by atoms with Crippen LogP contribution in [0, 0.1) is 0 Å². The van der Waals surface area contributed by atoms with E-state index in [1.807, 2.05) is 11.8 Å². The summed E-state index contributed by atoms with van der Waals surface area (Å²) in [6.07, 6.45) is 2.66. The summed E-state index contributed by atoms with van der Waals surface area (Å²) in [4.78, 5) is 1.24. The minimum absolute atomic E-state index is 0.280. The summed E-state index contributed by atoms with van der Waals surface area (Å²) < 4.78 is 0. The molecule has 1 aliphatic heterocycles. The lowest BCUT2D eigenvalue weighted by Gasteiger charge is -2.13. The summed E-state index contributed by atoms with van der Waals surface area (Å²) in [7, 11) is 0. The van der Waals surface area contributed by atoms with Crippen molar-refractivity contribution < 1.29 is 5.11 Å². The van der Waals surface area contributed by atoms with Gasteiger partial charge in [0.05, 0.1) is 6.10 Å². The number of aliphatic hydroxyl groups is 1.